The number of hydrogen-bond acceptors (Lipinski definition) is 6. The third-order valence-corrected chi connectivity index (χ3v) is 6.98. The zero-order valence-electron chi connectivity index (χ0n) is 16.9. The van der Waals surface area contributed by atoms with Gasteiger partial charge in [-0.25, -0.2) is 0 Å². The van der Waals surface area contributed by atoms with Crippen molar-refractivity contribution in [3.63, 3.8) is 0 Å². The molecule has 6 nitrogen and oxygen atoms in total. The molecule has 6 heteroatoms. The van der Waals surface area contributed by atoms with Gasteiger partial charge in [0.05, 0.1) is 25.5 Å². The molecule has 0 unspecified atom stereocenters. The molecule has 4 heterocycles. The van der Waals surface area contributed by atoms with Crippen LogP contribution in [0.2, 0.25) is 0 Å². The Bertz CT molecular complexity index is 815. The molecule has 2 aromatic rings. The van der Waals surface area contributed by atoms with Crippen LogP contribution in [0.25, 0.3) is 11.4 Å². The average Bonchev–Trinajstić information content (AvgIpc) is 3.27. The van der Waals surface area contributed by atoms with Crippen molar-refractivity contribution in [1.82, 2.24) is 19.9 Å². The molecule has 1 saturated carbocycles. The van der Waals surface area contributed by atoms with Gasteiger partial charge >= 0.3 is 0 Å². The molecule has 1 aliphatic carbocycles. The summed E-state index contributed by atoms with van der Waals surface area (Å²) in [6.45, 7) is 13.1. The molecule has 3 fully saturated rings. The van der Waals surface area contributed by atoms with Gasteiger partial charge in [-0.05, 0) is 29.9 Å². The van der Waals surface area contributed by atoms with E-state index < -0.39 is 0 Å². The van der Waals surface area contributed by atoms with Gasteiger partial charge in [0.15, 0.2) is 5.76 Å². The number of aromatic nitrogens is 2. The Morgan fingerprint density at radius 3 is 2.75 bits per heavy atom. The summed E-state index contributed by atoms with van der Waals surface area (Å²) >= 11 is 0. The van der Waals surface area contributed by atoms with Crippen LogP contribution in [0.5, 0.6) is 0 Å². The maximum Gasteiger partial charge on any atom is 0.151 e. The Morgan fingerprint density at radius 1 is 1.14 bits per heavy atom. The summed E-state index contributed by atoms with van der Waals surface area (Å²) in [4.78, 5) is 9.56. The number of pyridine rings is 1. The first kappa shape index (κ1) is 18.3. The van der Waals surface area contributed by atoms with Crippen LogP contribution in [0, 0.1) is 16.7 Å². The maximum atomic E-state index is 5.65. The van der Waals surface area contributed by atoms with Gasteiger partial charge in [-0.15, -0.1) is 0 Å². The maximum absolute atomic E-state index is 5.65. The topological polar surface area (TPSA) is 54.6 Å². The van der Waals surface area contributed by atoms with Gasteiger partial charge in [0, 0.05) is 50.4 Å². The van der Waals surface area contributed by atoms with Crippen molar-refractivity contribution in [3.05, 3.63) is 36.2 Å². The predicted molar refractivity (Wildman–Crippen MR) is 107 cm³/mol. The van der Waals surface area contributed by atoms with Crippen LogP contribution in [0.1, 0.15) is 26.0 Å². The molecular weight excluding hydrogens is 352 g/mol. The molecular formula is C22H30N4O2. The van der Waals surface area contributed by atoms with E-state index >= 15 is 0 Å². The van der Waals surface area contributed by atoms with Crippen LogP contribution in [-0.4, -0.2) is 65.9 Å². The Hall–Kier alpha value is -1.76. The van der Waals surface area contributed by atoms with Crippen LogP contribution >= 0.6 is 0 Å². The number of likely N-dealkylation sites (tertiary alicyclic amines) is 1. The lowest BCUT2D eigenvalue weighted by Crippen LogP contribution is -2.59. The van der Waals surface area contributed by atoms with Crippen molar-refractivity contribution in [2.75, 3.05) is 45.9 Å². The summed E-state index contributed by atoms with van der Waals surface area (Å²) in [5, 5.41) is 4.24. The first-order valence-electron chi connectivity index (χ1n) is 10.4. The molecule has 2 saturated heterocycles. The summed E-state index contributed by atoms with van der Waals surface area (Å²) in [5.41, 5.74) is 2.54. The van der Waals surface area contributed by atoms with Gasteiger partial charge in [0.25, 0.3) is 0 Å². The van der Waals surface area contributed by atoms with Gasteiger partial charge in [-0.2, -0.15) is 0 Å². The molecule has 2 aliphatic heterocycles. The summed E-state index contributed by atoms with van der Waals surface area (Å²) in [6.07, 6.45) is 3.10. The monoisotopic (exact) mass is 382 g/mol. The highest BCUT2D eigenvalue weighted by Gasteiger charge is 2.62. The van der Waals surface area contributed by atoms with Crippen LogP contribution in [0.15, 0.2) is 35.0 Å². The van der Waals surface area contributed by atoms with Crippen LogP contribution < -0.4 is 0 Å². The van der Waals surface area contributed by atoms with Gasteiger partial charge in [-0.3, -0.25) is 14.8 Å². The first-order valence-corrected chi connectivity index (χ1v) is 10.4. The number of ether oxygens (including phenoxy) is 1. The number of hydrogen-bond donors (Lipinski definition) is 0. The zero-order chi connectivity index (χ0) is 19.2. The van der Waals surface area contributed by atoms with Crippen LogP contribution in [0.3, 0.4) is 0 Å². The third-order valence-electron chi connectivity index (χ3n) is 6.98. The van der Waals surface area contributed by atoms with E-state index in [1.54, 1.807) is 6.20 Å². The van der Waals surface area contributed by atoms with Crippen LogP contribution in [0.4, 0.5) is 0 Å². The second-order valence-corrected chi connectivity index (χ2v) is 9.53. The molecule has 0 aromatic carbocycles. The quantitative estimate of drug-likeness (QED) is 0.793. The first-order chi connectivity index (χ1) is 13.5. The lowest BCUT2D eigenvalue weighted by atomic mass is 9.48. The molecule has 0 bridgehead atoms. The number of rotatable bonds is 5. The van der Waals surface area contributed by atoms with E-state index in [0.717, 1.165) is 69.0 Å². The number of nitrogens with zero attached hydrogens (tertiary/aromatic N) is 4. The van der Waals surface area contributed by atoms with E-state index in [-0.39, 0.29) is 0 Å². The average molecular weight is 383 g/mol. The Kier molecular flexibility index (Phi) is 4.53. The standard InChI is InChI=1S/C22H30N4O2/c1-21(2)14-22(15-25-7-9-27-10-8-25)16-26(13-20(21)22)12-17-11-19(24-28-17)18-5-3-4-6-23-18/h3-6,11,20H,7-10,12-16H2,1-2H3/t20-,22+/m1/s1. The lowest BCUT2D eigenvalue weighted by molar-refractivity contribution is -0.0967. The molecule has 150 valence electrons. The molecule has 28 heavy (non-hydrogen) atoms. The fourth-order valence-corrected chi connectivity index (χ4v) is 6.01. The van der Waals surface area contributed by atoms with Crippen molar-refractivity contribution < 1.29 is 9.26 Å². The van der Waals surface area contributed by atoms with Crippen molar-refractivity contribution in [2.24, 2.45) is 16.7 Å². The van der Waals surface area contributed by atoms with E-state index in [2.05, 4.69) is 33.8 Å². The Balaban J connectivity index is 1.28. The van der Waals surface area contributed by atoms with E-state index in [0.29, 0.717) is 10.8 Å². The minimum atomic E-state index is 0.421. The van der Waals surface area contributed by atoms with Crippen molar-refractivity contribution in [1.29, 1.82) is 0 Å². The second kappa shape index (κ2) is 6.94. The van der Waals surface area contributed by atoms with E-state index in [1.807, 2.05) is 24.3 Å². The van der Waals surface area contributed by atoms with Gasteiger partial charge in [-0.1, -0.05) is 25.1 Å². The summed E-state index contributed by atoms with van der Waals surface area (Å²) in [7, 11) is 0. The van der Waals surface area contributed by atoms with Crippen molar-refractivity contribution in [2.45, 2.75) is 26.8 Å². The summed E-state index contributed by atoms with van der Waals surface area (Å²) in [5.74, 6) is 1.68. The fourth-order valence-electron chi connectivity index (χ4n) is 6.01. The molecule has 0 N–H and O–H groups in total. The van der Waals surface area contributed by atoms with E-state index in [9.17, 15) is 0 Å². The van der Waals surface area contributed by atoms with Crippen molar-refractivity contribution >= 4 is 0 Å². The Labute approximate surface area is 166 Å². The van der Waals surface area contributed by atoms with Crippen LogP contribution in [-0.2, 0) is 11.3 Å². The summed E-state index contributed by atoms with van der Waals surface area (Å²) < 4.78 is 11.2. The molecule has 2 aromatic heterocycles. The molecule has 2 atom stereocenters. The lowest BCUT2D eigenvalue weighted by Gasteiger charge is -2.58. The molecule has 0 spiro atoms. The zero-order valence-corrected chi connectivity index (χ0v) is 16.9. The third kappa shape index (κ3) is 3.27. The predicted octanol–water partition coefficient (Wildman–Crippen LogP) is 2.92. The number of morpholine rings is 1. The summed E-state index contributed by atoms with van der Waals surface area (Å²) in [6, 6.07) is 7.91. The molecule has 3 aliphatic rings. The van der Waals surface area contributed by atoms with Gasteiger partial charge in [0.2, 0.25) is 0 Å². The highest BCUT2D eigenvalue weighted by Crippen LogP contribution is 2.63. The largest absolute Gasteiger partial charge is 0.379 e. The number of fused-ring (bicyclic) bond motifs is 1. The fraction of sp³-hybridized carbons (Fsp3) is 0.636. The molecule has 5 rings (SSSR count). The minimum absolute atomic E-state index is 0.421. The minimum Gasteiger partial charge on any atom is -0.379 e. The van der Waals surface area contributed by atoms with Gasteiger partial charge in [0.1, 0.15) is 5.69 Å². The highest BCUT2D eigenvalue weighted by molar-refractivity contribution is 5.52. The Morgan fingerprint density at radius 2 is 2.00 bits per heavy atom. The molecule has 0 amide bonds. The highest BCUT2D eigenvalue weighted by atomic mass is 16.5. The van der Waals surface area contributed by atoms with E-state index in [4.69, 9.17) is 9.26 Å². The normalized spacial score (nSPS) is 30.1. The SMILES string of the molecule is CC1(C)C[C@]2(CN3CCOCC3)CN(Cc3cc(-c4ccccn4)no3)C[C@H]12. The molecule has 0 radical (unpaired) electrons. The van der Waals surface area contributed by atoms with E-state index in [1.165, 1.54) is 13.0 Å². The van der Waals surface area contributed by atoms with Crippen molar-refractivity contribution in [3.8, 4) is 11.4 Å². The smallest absolute Gasteiger partial charge is 0.151 e. The second-order valence-electron chi connectivity index (χ2n) is 9.53. The van der Waals surface area contributed by atoms with Gasteiger partial charge < -0.3 is 9.26 Å².